The van der Waals surface area contributed by atoms with Crippen LogP contribution in [0.4, 0.5) is 8.78 Å². The van der Waals surface area contributed by atoms with Crippen molar-refractivity contribution in [2.75, 3.05) is 0 Å². The number of benzene rings is 1. The summed E-state index contributed by atoms with van der Waals surface area (Å²) in [6.45, 7) is 4.39. The Hall–Kier alpha value is -3.62. The van der Waals surface area contributed by atoms with Crippen LogP contribution in [0.3, 0.4) is 0 Å². The molecule has 2 aliphatic carbocycles. The van der Waals surface area contributed by atoms with Gasteiger partial charge in [-0.15, -0.1) is 5.10 Å². The predicted octanol–water partition coefficient (Wildman–Crippen LogP) is 4.20. The third-order valence-corrected chi connectivity index (χ3v) is 7.35. The molecule has 1 N–H and O–H groups in total. The highest BCUT2D eigenvalue weighted by Gasteiger charge is 2.65. The van der Waals surface area contributed by atoms with Crippen LogP contribution in [-0.4, -0.2) is 35.6 Å². The van der Waals surface area contributed by atoms with Crippen molar-refractivity contribution >= 4 is 0 Å². The summed E-state index contributed by atoms with van der Waals surface area (Å²) in [5.41, 5.74) is 3.14. The Morgan fingerprint density at radius 1 is 1.00 bits per heavy atom. The topological polar surface area (TPSA) is 93.1 Å². The number of hydrogen-bond acceptors (Lipinski definition) is 6. The summed E-state index contributed by atoms with van der Waals surface area (Å²) in [7, 11) is 0. The van der Waals surface area contributed by atoms with Crippen LogP contribution in [0.5, 0.6) is 0 Å². The molecule has 2 aliphatic rings. The van der Waals surface area contributed by atoms with Crippen LogP contribution in [0.15, 0.2) is 42.9 Å². The van der Waals surface area contributed by atoms with Gasteiger partial charge < -0.3 is 0 Å². The number of nitrogens with one attached hydrogen (secondary N) is 1. The first-order chi connectivity index (χ1) is 15.4. The van der Waals surface area contributed by atoms with Crippen molar-refractivity contribution in [3.8, 4) is 22.6 Å². The molecule has 0 spiro atoms. The molecular weight excluding hydrogens is 412 g/mol. The molecule has 0 amide bonds. The summed E-state index contributed by atoms with van der Waals surface area (Å²) in [5, 5.41) is 19.4. The van der Waals surface area contributed by atoms with Gasteiger partial charge in [-0.1, -0.05) is 19.9 Å². The molecule has 9 heteroatoms. The second kappa shape index (κ2) is 6.44. The molecule has 7 nitrogen and oxygen atoms in total. The molecule has 4 aromatic rings. The van der Waals surface area contributed by atoms with Gasteiger partial charge in [0.05, 0.1) is 40.5 Å². The van der Waals surface area contributed by atoms with E-state index in [1.807, 2.05) is 0 Å². The van der Waals surface area contributed by atoms with Crippen molar-refractivity contribution in [1.82, 2.24) is 35.6 Å². The van der Waals surface area contributed by atoms with Crippen LogP contribution in [0.25, 0.3) is 22.6 Å². The summed E-state index contributed by atoms with van der Waals surface area (Å²) >= 11 is 0. The van der Waals surface area contributed by atoms with E-state index < -0.39 is 17.0 Å². The summed E-state index contributed by atoms with van der Waals surface area (Å²) < 4.78 is 28.8. The Kier molecular flexibility index (Phi) is 3.84. The second-order valence-corrected chi connectivity index (χ2v) is 8.99. The Morgan fingerprint density at radius 3 is 2.56 bits per heavy atom. The molecule has 1 fully saturated rings. The van der Waals surface area contributed by atoms with Crippen molar-refractivity contribution in [3.63, 3.8) is 0 Å². The van der Waals surface area contributed by atoms with Crippen molar-refractivity contribution in [2.24, 2.45) is 5.41 Å². The lowest BCUT2D eigenvalue weighted by molar-refractivity contribution is 0.242. The first kappa shape index (κ1) is 19.1. The van der Waals surface area contributed by atoms with Gasteiger partial charge in [-0.3, -0.25) is 4.98 Å². The number of nitrogens with zero attached hydrogens (tertiary/aromatic N) is 6. The van der Waals surface area contributed by atoms with E-state index in [1.54, 1.807) is 24.7 Å². The van der Waals surface area contributed by atoms with Crippen molar-refractivity contribution in [2.45, 2.75) is 38.0 Å². The zero-order valence-electron chi connectivity index (χ0n) is 17.5. The number of halogens is 2. The number of hydrogen-bond donors (Lipinski definition) is 1. The van der Waals surface area contributed by atoms with Crippen LogP contribution in [0.2, 0.25) is 0 Å². The minimum Gasteiger partial charge on any atom is -0.260 e. The maximum absolute atomic E-state index is 14.4. The Labute approximate surface area is 182 Å². The lowest BCUT2D eigenvalue weighted by atomic mass is 9.66. The van der Waals surface area contributed by atoms with E-state index in [4.69, 9.17) is 4.98 Å². The van der Waals surface area contributed by atoms with Gasteiger partial charge in [-0.25, -0.2) is 13.8 Å². The van der Waals surface area contributed by atoms with Crippen molar-refractivity contribution < 1.29 is 8.78 Å². The quantitative estimate of drug-likeness (QED) is 0.523. The van der Waals surface area contributed by atoms with Gasteiger partial charge in [-0.05, 0) is 47.9 Å². The highest BCUT2D eigenvalue weighted by Crippen LogP contribution is 2.69. The maximum atomic E-state index is 14.4. The molecule has 0 aliphatic heterocycles. The average molecular weight is 431 g/mol. The van der Waals surface area contributed by atoms with Crippen molar-refractivity contribution in [3.05, 3.63) is 71.4 Å². The highest BCUT2D eigenvalue weighted by atomic mass is 19.1. The molecule has 0 saturated heterocycles. The molecule has 1 saturated carbocycles. The van der Waals surface area contributed by atoms with Crippen LogP contribution in [0.1, 0.15) is 49.6 Å². The second-order valence-electron chi connectivity index (χ2n) is 8.99. The lowest BCUT2D eigenvalue weighted by Crippen LogP contribution is -2.38. The normalized spacial score (nSPS) is 22.8. The molecule has 6 rings (SSSR count). The van der Waals surface area contributed by atoms with E-state index in [9.17, 15) is 8.78 Å². The molecule has 3 heterocycles. The third kappa shape index (κ3) is 2.33. The molecule has 3 aromatic heterocycles. The standard InChI is InChI=1S/C23H19F2N7/c1-22(2)13-6-7-23(22,19-11-26-9-17(28-19)18-10-27-32-30-18)21-12(13)8-16(29-31-21)20-14(24)4-3-5-15(20)25/h3-5,8-11,13H,6-7H2,1-2H3,(H,27,30,32)/t13-,23-/m0/s1. The first-order valence-electron chi connectivity index (χ1n) is 10.4. The van der Waals surface area contributed by atoms with E-state index in [-0.39, 0.29) is 22.6 Å². The highest BCUT2D eigenvalue weighted by molar-refractivity contribution is 5.64. The zero-order chi connectivity index (χ0) is 22.1. The number of aromatic amines is 1. The van der Waals surface area contributed by atoms with Gasteiger partial charge >= 0.3 is 0 Å². The molecule has 32 heavy (non-hydrogen) atoms. The van der Waals surface area contributed by atoms with E-state index in [0.717, 1.165) is 29.8 Å². The van der Waals surface area contributed by atoms with Crippen molar-refractivity contribution in [1.29, 1.82) is 0 Å². The summed E-state index contributed by atoms with van der Waals surface area (Å²) in [6.07, 6.45) is 6.79. The van der Waals surface area contributed by atoms with E-state index in [1.165, 1.54) is 18.2 Å². The van der Waals surface area contributed by atoms with Gasteiger partial charge in [0.15, 0.2) is 0 Å². The molecule has 160 valence electrons. The van der Waals surface area contributed by atoms with Gasteiger partial charge in [0.25, 0.3) is 0 Å². The van der Waals surface area contributed by atoms with E-state index in [0.29, 0.717) is 11.4 Å². The summed E-state index contributed by atoms with van der Waals surface area (Å²) in [5.74, 6) is -1.13. The van der Waals surface area contributed by atoms with E-state index in [2.05, 4.69) is 44.4 Å². The monoisotopic (exact) mass is 431 g/mol. The lowest BCUT2D eigenvalue weighted by Gasteiger charge is -2.37. The average Bonchev–Trinajstić information content (AvgIpc) is 3.45. The van der Waals surface area contributed by atoms with Crippen LogP contribution < -0.4 is 0 Å². The summed E-state index contributed by atoms with van der Waals surface area (Å²) in [4.78, 5) is 9.33. The van der Waals surface area contributed by atoms with Gasteiger partial charge in [0, 0.05) is 6.20 Å². The Balaban J connectivity index is 1.54. The third-order valence-electron chi connectivity index (χ3n) is 7.35. The first-order valence-corrected chi connectivity index (χ1v) is 10.4. The molecule has 0 radical (unpaired) electrons. The maximum Gasteiger partial charge on any atom is 0.135 e. The predicted molar refractivity (Wildman–Crippen MR) is 111 cm³/mol. The van der Waals surface area contributed by atoms with E-state index >= 15 is 0 Å². The SMILES string of the molecule is CC1(C)[C@H]2CC[C@]1(c1cncc(-c3cn[nH]n3)n1)c1nnc(-c3c(F)cccc3F)cc12. The van der Waals surface area contributed by atoms with Gasteiger partial charge in [0.1, 0.15) is 23.0 Å². The fraction of sp³-hybridized carbons (Fsp3) is 0.304. The number of H-pyrrole nitrogens is 1. The largest absolute Gasteiger partial charge is 0.260 e. The van der Waals surface area contributed by atoms with Gasteiger partial charge in [-0.2, -0.15) is 20.5 Å². The molecule has 2 atom stereocenters. The number of aromatic nitrogens is 7. The zero-order valence-corrected chi connectivity index (χ0v) is 17.5. The molecule has 0 unspecified atom stereocenters. The van der Waals surface area contributed by atoms with Gasteiger partial charge in [0.2, 0.25) is 0 Å². The Bertz CT molecular complexity index is 1330. The molecule has 1 aromatic carbocycles. The van der Waals surface area contributed by atoms with Crippen LogP contribution >= 0.6 is 0 Å². The number of rotatable bonds is 3. The van der Waals surface area contributed by atoms with Crippen LogP contribution in [-0.2, 0) is 5.41 Å². The fourth-order valence-electron chi connectivity index (χ4n) is 5.78. The molecule has 2 bridgehead atoms. The summed E-state index contributed by atoms with van der Waals surface area (Å²) in [6, 6.07) is 5.60. The minimum atomic E-state index is -0.650. The molecular formula is C23H19F2N7. The number of fused-ring (bicyclic) bond motifs is 5. The fourth-order valence-corrected chi connectivity index (χ4v) is 5.78. The Morgan fingerprint density at radius 2 is 1.81 bits per heavy atom. The van der Waals surface area contributed by atoms with Crippen LogP contribution in [0, 0.1) is 17.0 Å². The minimum absolute atomic E-state index is 0.148. The smallest absolute Gasteiger partial charge is 0.135 e.